The topological polar surface area (TPSA) is 70.6 Å². The Labute approximate surface area is 105 Å². The van der Waals surface area contributed by atoms with E-state index >= 15 is 0 Å². The van der Waals surface area contributed by atoms with E-state index in [0.717, 1.165) is 11.5 Å². The van der Waals surface area contributed by atoms with Crippen molar-refractivity contribution in [1.29, 1.82) is 5.26 Å². The normalized spacial score (nSPS) is 10.1. The van der Waals surface area contributed by atoms with E-state index < -0.39 is 0 Å². The molecular weight excluding hydrogens is 228 g/mol. The highest BCUT2D eigenvalue weighted by Gasteiger charge is 2.05. The second-order valence-electron chi connectivity index (χ2n) is 3.98. The van der Waals surface area contributed by atoms with Gasteiger partial charge in [0.25, 0.3) is 0 Å². The van der Waals surface area contributed by atoms with Gasteiger partial charge in [0.15, 0.2) is 11.6 Å². The summed E-state index contributed by atoms with van der Waals surface area (Å²) in [6, 6.07) is 7.75. The molecule has 2 rings (SSSR count). The first-order valence-electron chi connectivity index (χ1n) is 5.65. The smallest absolute Gasteiger partial charge is 0.175 e. The Hall–Kier alpha value is -2.42. The highest BCUT2D eigenvalue weighted by atomic mass is 15.4. The maximum Gasteiger partial charge on any atom is 0.175 e. The summed E-state index contributed by atoms with van der Waals surface area (Å²) in [6.45, 7) is 2.57. The third-order valence-corrected chi connectivity index (χ3v) is 2.54. The monoisotopic (exact) mass is 242 g/mol. The first-order chi connectivity index (χ1) is 8.70. The summed E-state index contributed by atoms with van der Waals surface area (Å²) in [5.41, 5.74) is 0.937. The first-order valence-corrected chi connectivity index (χ1v) is 5.65. The fourth-order valence-corrected chi connectivity index (χ4v) is 1.52. The van der Waals surface area contributed by atoms with Gasteiger partial charge in [0, 0.05) is 19.8 Å². The molecule has 0 aromatic carbocycles. The average molecular weight is 242 g/mol. The van der Waals surface area contributed by atoms with Gasteiger partial charge in [-0.25, -0.2) is 4.68 Å². The summed E-state index contributed by atoms with van der Waals surface area (Å²) in [4.78, 5) is 1.90. The second kappa shape index (κ2) is 5.27. The van der Waals surface area contributed by atoms with Gasteiger partial charge in [-0.2, -0.15) is 10.4 Å². The van der Waals surface area contributed by atoms with Crippen LogP contribution in [-0.4, -0.2) is 33.6 Å². The van der Waals surface area contributed by atoms with Crippen molar-refractivity contribution in [2.45, 2.75) is 13.3 Å². The Morgan fingerprint density at radius 1 is 1.33 bits per heavy atom. The van der Waals surface area contributed by atoms with Crippen LogP contribution in [-0.2, 0) is 0 Å². The van der Waals surface area contributed by atoms with Crippen molar-refractivity contribution in [3.05, 3.63) is 30.1 Å². The molecule has 2 aromatic rings. The van der Waals surface area contributed by atoms with E-state index in [4.69, 9.17) is 5.26 Å². The van der Waals surface area contributed by atoms with Crippen LogP contribution in [0.1, 0.15) is 12.1 Å². The third-order valence-electron chi connectivity index (χ3n) is 2.54. The van der Waals surface area contributed by atoms with Crippen LogP contribution in [0.5, 0.6) is 0 Å². The van der Waals surface area contributed by atoms with Crippen molar-refractivity contribution in [3.63, 3.8) is 0 Å². The molecule has 0 saturated carbocycles. The molecule has 0 saturated heterocycles. The number of rotatable bonds is 4. The van der Waals surface area contributed by atoms with Crippen molar-refractivity contribution in [2.75, 3.05) is 18.5 Å². The van der Waals surface area contributed by atoms with Crippen molar-refractivity contribution >= 4 is 5.82 Å². The molecule has 0 radical (unpaired) electrons. The van der Waals surface area contributed by atoms with Gasteiger partial charge < -0.3 is 4.90 Å². The van der Waals surface area contributed by atoms with Crippen LogP contribution in [0.3, 0.4) is 0 Å². The fourth-order valence-electron chi connectivity index (χ4n) is 1.52. The molecule has 6 nitrogen and oxygen atoms in total. The molecule has 2 aromatic heterocycles. The van der Waals surface area contributed by atoms with E-state index in [9.17, 15) is 0 Å². The summed E-state index contributed by atoms with van der Waals surface area (Å²) in [7, 11) is 1.89. The summed E-state index contributed by atoms with van der Waals surface area (Å²) >= 11 is 0. The minimum atomic E-state index is 0.471. The van der Waals surface area contributed by atoms with Crippen LogP contribution in [0.15, 0.2) is 24.4 Å². The van der Waals surface area contributed by atoms with Crippen molar-refractivity contribution in [1.82, 2.24) is 20.0 Å². The Balaban J connectivity index is 2.13. The molecule has 92 valence electrons. The first kappa shape index (κ1) is 12.0. The molecule has 0 aliphatic rings. The number of nitrogens with zero attached hydrogens (tertiary/aromatic N) is 6. The zero-order chi connectivity index (χ0) is 13.0. The Morgan fingerprint density at radius 3 is 2.72 bits per heavy atom. The third kappa shape index (κ3) is 2.63. The Bertz CT molecular complexity index is 551. The summed E-state index contributed by atoms with van der Waals surface area (Å²) in [6.07, 6.45) is 2.32. The Kier molecular flexibility index (Phi) is 3.53. The van der Waals surface area contributed by atoms with Crippen LogP contribution in [0.4, 0.5) is 5.82 Å². The van der Waals surface area contributed by atoms with Gasteiger partial charge in [-0.15, -0.1) is 10.2 Å². The highest BCUT2D eigenvalue weighted by Crippen LogP contribution is 2.10. The van der Waals surface area contributed by atoms with Crippen molar-refractivity contribution in [3.8, 4) is 11.9 Å². The molecule has 0 spiro atoms. The molecule has 0 bridgehead atoms. The van der Waals surface area contributed by atoms with Gasteiger partial charge in [-0.05, 0) is 25.1 Å². The number of aryl methyl sites for hydroxylation is 1. The summed E-state index contributed by atoms with van der Waals surface area (Å²) < 4.78 is 1.68. The molecular formula is C12H14N6. The minimum Gasteiger partial charge on any atom is -0.357 e. The molecule has 6 heteroatoms. The standard InChI is InChI=1S/C12H14N6/c1-10-6-9-18(16-10)12-5-4-11(14-15-12)17(2)8-3-7-13/h4-6,9H,3,8H2,1-2H3. The SMILES string of the molecule is Cc1ccn(-c2ccc(N(C)CCC#N)nn2)n1. The molecule has 18 heavy (non-hydrogen) atoms. The van der Waals surface area contributed by atoms with Gasteiger partial charge in [0.05, 0.1) is 18.2 Å². The molecule has 0 atom stereocenters. The van der Waals surface area contributed by atoms with Gasteiger partial charge >= 0.3 is 0 Å². The molecule has 0 aliphatic heterocycles. The quantitative estimate of drug-likeness (QED) is 0.808. The predicted molar refractivity (Wildman–Crippen MR) is 67.4 cm³/mol. The van der Waals surface area contributed by atoms with Gasteiger partial charge in [0.1, 0.15) is 0 Å². The summed E-state index contributed by atoms with van der Waals surface area (Å²) in [5.74, 6) is 1.43. The van der Waals surface area contributed by atoms with Crippen LogP contribution < -0.4 is 4.90 Å². The molecule has 0 aliphatic carbocycles. The van der Waals surface area contributed by atoms with Gasteiger partial charge in [-0.1, -0.05) is 0 Å². The largest absolute Gasteiger partial charge is 0.357 e. The van der Waals surface area contributed by atoms with E-state index in [-0.39, 0.29) is 0 Å². The highest BCUT2D eigenvalue weighted by molar-refractivity contribution is 5.38. The molecule has 0 unspecified atom stereocenters. The number of aromatic nitrogens is 4. The zero-order valence-electron chi connectivity index (χ0n) is 10.4. The van der Waals surface area contributed by atoms with Crippen LogP contribution in [0.25, 0.3) is 5.82 Å². The van der Waals surface area contributed by atoms with Crippen LogP contribution in [0.2, 0.25) is 0 Å². The average Bonchev–Trinajstić information content (AvgIpc) is 2.83. The van der Waals surface area contributed by atoms with Crippen molar-refractivity contribution < 1.29 is 0 Å². The molecule has 0 amide bonds. The van der Waals surface area contributed by atoms with Crippen LogP contribution >= 0.6 is 0 Å². The molecule has 0 N–H and O–H groups in total. The lowest BCUT2D eigenvalue weighted by molar-refractivity contribution is 0.789. The zero-order valence-corrected chi connectivity index (χ0v) is 10.4. The van der Waals surface area contributed by atoms with E-state index in [1.54, 1.807) is 4.68 Å². The number of nitriles is 1. The maximum absolute atomic E-state index is 8.53. The lowest BCUT2D eigenvalue weighted by Crippen LogP contribution is -2.19. The summed E-state index contributed by atoms with van der Waals surface area (Å²) in [5, 5.41) is 21.0. The maximum atomic E-state index is 8.53. The number of hydrogen-bond acceptors (Lipinski definition) is 5. The lowest BCUT2D eigenvalue weighted by atomic mass is 10.4. The van der Waals surface area contributed by atoms with Gasteiger partial charge in [0.2, 0.25) is 0 Å². The second-order valence-corrected chi connectivity index (χ2v) is 3.98. The molecule has 2 heterocycles. The van der Waals surface area contributed by atoms with E-state index in [0.29, 0.717) is 18.8 Å². The lowest BCUT2D eigenvalue weighted by Gasteiger charge is -2.15. The van der Waals surface area contributed by atoms with E-state index in [1.165, 1.54) is 0 Å². The predicted octanol–water partition coefficient (Wildman–Crippen LogP) is 1.32. The number of anilines is 1. The number of hydrogen-bond donors (Lipinski definition) is 0. The Morgan fingerprint density at radius 2 is 2.17 bits per heavy atom. The molecule has 0 fully saturated rings. The van der Waals surface area contributed by atoms with E-state index in [2.05, 4.69) is 21.4 Å². The van der Waals surface area contributed by atoms with Gasteiger partial charge in [-0.3, -0.25) is 0 Å². The minimum absolute atomic E-state index is 0.471. The van der Waals surface area contributed by atoms with Crippen molar-refractivity contribution in [2.24, 2.45) is 0 Å². The fraction of sp³-hybridized carbons (Fsp3) is 0.333. The van der Waals surface area contributed by atoms with Crippen LogP contribution in [0, 0.1) is 18.3 Å². The van der Waals surface area contributed by atoms with E-state index in [1.807, 2.05) is 43.3 Å².